The molecule has 0 radical (unpaired) electrons. The lowest BCUT2D eigenvalue weighted by molar-refractivity contribution is -0.126. The van der Waals surface area contributed by atoms with Crippen LogP contribution in [0.3, 0.4) is 0 Å². The van der Waals surface area contributed by atoms with Gasteiger partial charge >= 0.3 is 0 Å². The van der Waals surface area contributed by atoms with Crippen LogP contribution < -0.4 is 15.4 Å². The number of carbonyl (C=O) groups is 2. The Hall–Kier alpha value is -2.94. The first-order valence-electron chi connectivity index (χ1n) is 8.15. The summed E-state index contributed by atoms with van der Waals surface area (Å²) < 4.78 is 38.4. The Balaban J connectivity index is 1.72. The topological polar surface area (TPSA) is 104 Å². The molecule has 1 atom stereocenters. The normalized spacial score (nSPS) is 16.2. The van der Waals surface area contributed by atoms with Crippen LogP contribution in [0.2, 0.25) is 0 Å². The summed E-state index contributed by atoms with van der Waals surface area (Å²) in [5.74, 6) is -1.93. The lowest BCUT2D eigenvalue weighted by atomic mass is 9.89. The summed E-state index contributed by atoms with van der Waals surface area (Å²) in [6, 6.07) is 10.5. The predicted molar refractivity (Wildman–Crippen MR) is 99.1 cm³/mol. The molecule has 3 N–H and O–H groups in total. The average Bonchev–Trinajstić information content (AvgIpc) is 2.57. The van der Waals surface area contributed by atoms with Gasteiger partial charge in [0.1, 0.15) is 5.82 Å². The van der Waals surface area contributed by atoms with Crippen molar-refractivity contribution in [2.75, 3.05) is 16.3 Å². The van der Waals surface area contributed by atoms with Crippen LogP contribution in [-0.4, -0.2) is 26.5 Å². The Kier molecular flexibility index (Phi) is 5.13. The molecule has 1 unspecified atom stereocenters. The number of benzene rings is 2. The zero-order valence-corrected chi connectivity index (χ0v) is 15.3. The van der Waals surface area contributed by atoms with Crippen LogP contribution in [-0.2, 0) is 26.2 Å². The SMILES string of the molecule is CS(=O)(=O)Nc1cccc(CNC(=O)C2CC(=O)Nc3cc(F)ccc32)c1. The van der Waals surface area contributed by atoms with Crippen LogP contribution in [0.15, 0.2) is 42.5 Å². The number of nitrogens with one attached hydrogen (secondary N) is 3. The van der Waals surface area contributed by atoms with Gasteiger partial charge in [0, 0.05) is 24.3 Å². The highest BCUT2D eigenvalue weighted by molar-refractivity contribution is 7.92. The third-order valence-electron chi connectivity index (χ3n) is 4.07. The summed E-state index contributed by atoms with van der Waals surface area (Å²) in [6.45, 7) is 0.159. The van der Waals surface area contributed by atoms with Gasteiger partial charge in [0.05, 0.1) is 12.2 Å². The minimum atomic E-state index is -3.40. The third-order valence-corrected chi connectivity index (χ3v) is 4.67. The molecule has 0 saturated carbocycles. The van der Waals surface area contributed by atoms with Gasteiger partial charge in [-0.3, -0.25) is 14.3 Å². The lowest BCUT2D eigenvalue weighted by Crippen LogP contribution is -2.34. The number of hydrogen-bond acceptors (Lipinski definition) is 4. The number of hydrogen-bond donors (Lipinski definition) is 3. The van der Waals surface area contributed by atoms with Crippen LogP contribution in [0, 0.1) is 5.82 Å². The van der Waals surface area contributed by atoms with Crippen molar-refractivity contribution in [1.29, 1.82) is 0 Å². The summed E-state index contributed by atoms with van der Waals surface area (Å²) in [4.78, 5) is 24.4. The van der Waals surface area contributed by atoms with Crippen molar-refractivity contribution >= 4 is 33.2 Å². The van der Waals surface area contributed by atoms with Gasteiger partial charge in [-0.2, -0.15) is 0 Å². The highest BCUT2D eigenvalue weighted by atomic mass is 32.2. The smallest absolute Gasteiger partial charge is 0.229 e. The zero-order chi connectivity index (χ0) is 19.6. The number of sulfonamides is 1. The highest BCUT2D eigenvalue weighted by Gasteiger charge is 2.30. The van der Waals surface area contributed by atoms with Gasteiger partial charge < -0.3 is 10.6 Å². The van der Waals surface area contributed by atoms with Crippen molar-refractivity contribution in [3.63, 3.8) is 0 Å². The van der Waals surface area contributed by atoms with E-state index in [0.717, 1.165) is 6.26 Å². The van der Waals surface area contributed by atoms with Crippen LogP contribution in [0.1, 0.15) is 23.5 Å². The second-order valence-electron chi connectivity index (χ2n) is 6.33. The molecule has 2 aromatic rings. The number of amides is 2. The van der Waals surface area contributed by atoms with E-state index in [1.807, 2.05) is 0 Å². The molecule has 1 aliphatic rings. The van der Waals surface area contributed by atoms with Gasteiger partial charge in [0.15, 0.2) is 0 Å². The van der Waals surface area contributed by atoms with E-state index in [9.17, 15) is 22.4 Å². The van der Waals surface area contributed by atoms with Crippen LogP contribution in [0.4, 0.5) is 15.8 Å². The van der Waals surface area contributed by atoms with Crippen molar-refractivity contribution in [3.05, 3.63) is 59.4 Å². The number of fused-ring (bicyclic) bond motifs is 1. The van der Waals surface area contributed by atoms with E-state index in [0.29, 0.717) is 22.5 Å². The van der Waals surface area contributed by atoms with E-state index < -0.39 is 21.8 Å². The third kappa shape index (κ3) is 4.82. The van der Waals surface area contributed by atoms with E-state index in [4.69, 9.17) is 0 Å². The quantitative estimate of drug-likeness (QED) is 0.724. The maximum atomic E-state index is 13.4. The first-order chi connectivity index (χ1) is 12.7. The molecule has 9 heteroatoms. The number of anilines is 2. The van der Waals surface area contributed by atoms with Crippen molar-refractivity contribution in [2.24, 2.45) is 0 Å². The molecule has 2 amide bonds. The Morgan fingerprint density at radius 1 is 1.26 bits per heavy atom. The predicted octanol–water partition coefficient (Wildman–Crippen LogP) is 1.94. The summed E-state index contributed by atoms with van der Waals surface area (Å²) in [7, 11) is -3.40. The van der Waals surface area contributed by atoms with Gasteiger partial charge in [0.25, 0.3) is 0 Å². The molecule has 0 saturated heterocycles. The maximum absolute atomic E-state index is 13.4. The van der Waals surface area contributed by atoms with E-state index in [1.165, 1.54) is 18.2 Å². The molecule has 1 aliphatic heterocycles. The van der Waals surface area contributed by atoms with E-state index in [-0.39, 0.29) is 24.8 Å². The fraction of sp³-hybridized carbons (Fsp3) is 0.222. The summed E-state index contributed by atoms with van der Waals surface area (Å²) in [5.41, 5.74) is 1.94. The molecule has 0 aromatic heterocycles. The van der Waals surface area contributed by atoms with E-state index >= 15 is 0 Å². The molecule has 0 spiro atoms. The molecular formula is C18H18FN3O4S. The summed E-state index contributed by atoms with van der Waals surface area (Å²) in [5, 5.41) is 5.31. The Labute approximate surface area is 156 Å². The van der Waals surface area contributed by atoms with Crippen molar-refractivity contribution < 1.29 is 22.4 Å². The van der Waals surface area contributed by atoms with E-state index in [1.54, 1.807) is 24.3 Å². The monoisotopic (exact) mass is 391 g/mol. The van der Waals surface area contributed by atoms with Crippen molar-refractivity contribution in [3.8, 4) is 0 Å². The molecule has 1 heterocycles. The fourth-order valence-corrected chi connectivity index (χ4v) is 3.50. The average molecular weight is 391 g/mol. The molecule has 0 fully saturated rings. The first kappa shape index (κ1) is 18.8. The molecular weight excluding hydrogens is 373 g/mol. The Morgan fingerprint density at radius 2 is 2.04 bits per heavy atom. The number of carbonyl (C=O) groups excluding carboxylic acids is 2. The molecule has 0 aliphatic carbocycles. The van der Waals surface area contributed by atoms with Gasteiger partial charge in [-0.15, -0.1) is 0 Å². The van der Waals surface area contributed by atoms with Gasteiger partial charge in [-0.25, -0.2) is 12.8 Å². The Morgan fingerprint density at radius 3 is 2.78 bits per heavy atom. The minimum Gasteiger partial charge on any atom is -0.351 e. The van der Waals surface area contributed by atoms with E-state index in [2.05, 4.69) is 15.4 Å². The zero-order valence-electron chi connectivity index (χ0n) is 14.5. The van der Waals surface area contributed by atoms with Crippen molar-refractivity contribution in [1.82, 2.24) is 5.32 Å². The van der Waals surface area contributed by atoms with Gasteiger partial charge in [0.2, 0.25) is 21.8 Å². The van der Waals surface area contributed by atoms with Crippen molar-refractivity contribution in [2.45, 2.75) is 18.9 Å². The maximum Gasteiger partial charge on any atom is 0.229 e. The minimum absolute atomic E-state index is 0.0276. The highest BCUT2D eigenvalue weighted by Crippen LogP contribution is 2.32. The molecule has 142 valence electrons. The van der Waals surface area contributed by atoms with Crippen LogP contribution >= 0.6 is 0 Å². The fourth-order valence-electron chi connectivity index (χ4n) is 2.94. The standard InChI is InChI=1S/C18H18FN3O4S/c1-27(25,26)22-13-4-2-3-11(7-13)10-20-18(24)15-9-17(23)21-16-8-12(19)5-6-14(15)16/h2-8,15,22H,9-10H2,1H3,(H,20,24)(H,21,23). The second kappa shape index (κ2) is 7.36. The van der Waals surface area contributed by atoms with Crippen LogP contribution in [0.25, 0.3) is 0 Å². The largest absolute Gasteiger partial charge is 0.351 e. The lowest BCUT2D eigenvalue weighted by Gasteiger charge is -2.25. The summed E-state index contributed by atoms with van der Waals surface area (Å²) in [6.07, 6.45) is 1.02. The second-order valence-corrected chi connectivity index (χ2v) is 8.08. The molecule has 2 aromatic carbocycles. The van der Waals surface area contributed by atoms with Gasteiger partial charge in [-0.1, -0.05) is 18.2 Å². The first-order valence-corrected chi connectivity index (χ1v) is 10.0. The Bertz CT molecular complexity index is 1010. The molecule has 3 rings (SSSR count). The number of halogens is 1. The molecule has 7 nitrogen and oxygen atoms in total. The molecule has 27 heavy (non-hydrogen) atoms. The summed E-state index contributed by atoms with van der Waals surface area (Å²) >= 11 is 0. The molecule has 0 bridgehead atoms. The van der Waals surface area contributed by atoms with Crippen LogP contribution in [0.5, 0.6) is 0 Å². The number of rotatable bonds is 5. The van der Waals surface area contributed by atoms with Gasteiger partial charge in [-0.05, 0) is 35.4 Å².